The molecule has 1 aliphatic carbocycles. The van der Waals surface area contributed by atoms with Crippen LogP contribution < -0.4 is 0 Å². The third-order valence-electron chi connectivity index (χ3n) is 3.82. The number of hydroxylamine groups is 2. The number of esters is 1. The number of carbonyl (C=O) groups is 1. The minimum atomic E-state index is -0.269. The van der Waals surface area contributed by atoms with Crippen molar-refractivity contribution in [2.45, 2.75) is 31.4 Å². The lowest BCUT2D eigenvalue weighted by Crippen LogP contribution is -2.40. The monoisotopic (exact) mass is 231 g/mol. The second-order valence-corrected chi connectivity index (χ2v) is 4.84. The van der Waals surface area contributed by atoms with E-state index in [-0.39, 0.29) is 18.1 Å². The van der Waals surface area contributed by atoms with Crippen LogP contribution >= 0.6 is 0 Å². The molecule has 4 nitrogen and oxygen atoms in total. The molecule has 0 spiro atoms. The van der Waals surface area contributed by atoms with E-state index in [4.69, 9.17) is 9.57 Å². The normalized spacial score (nSPS) is 35.3. The molecule has 88 valence electrons. The standard InChI is InChI=1S/C13H13NO3/c15-12-7-9-11-5-4-8(13(9)16-12)10-3-1-2-6-14(10)17-11/h4-5,7,10-11H,1-3,6H2. The lowest BCUT2D eigenvalue weighted by molar-refractivity contribution is -0.196. The highest BCUT2D eigenvalue weighted by molar-refractivity contribution is 5.89. The van der Waals surface area contributed by atoms with Crippen molar-refractivity contribution >= 4 is 5.97 Å². The van der Waals surface area contributed by atoms with E-state index in [9.17, 15) is 4.79 Å². The van der Waals surface area contributed by atoms with Crippen LogP contribution in [0.4, 0.5) is 0 Å². The minimum absolute atomic E-state index is 0.150. The molecule has 0 radical (unpaired) electrons. The summed E-state index contributed by atoms with van der Waals surface area (Å²) in [5.74, 6) is 0.478. The highest BCUT2D eigenvalue weighted by atomic mass is 16.7. The summed E-state index contributed by atoms with van der Waals surface area (Å²) in [4.78, 5) is 17.3. The van der Waals surface area contributed by atoms with Gasteiger partial charge in [-0.05, 0) is 18.9 Å². The van der Waals surface area contributed by atoms with E-state index in [1.807, 2.05) is 6.08 Å². The molecule has 0 saturated carbocycles. The van der Waals surface area contributed by atoms with Gasteiger partial charge in [-0.1, -0.05) is 12.5 Å². The van der Waals surface area contributed by atoms with Gasteiger partial charge in [-0.25, -0.2) is 4.79 Å². The zero-order valence-electron chi connectivity index (χ0n) is 9.39. The maximum atomic E-state index is 11.4. The maximum Gasteiger partial charge on any atom is 0.336 e. The number of hydrogen-bond donors (Lipinski definition) is 0. The molecule has 4 heterocycles. The Morgan fingerprint density at radius 2 is 2.29 bits per heavy atom. The minimum Gasteiger partial charge on any atom is -0.423 e. The van der Waals surface area contributed by atoms with E-state index in [1.165, 1.54) is 12.8 Å². The van der Waals surface area contributed by atoms with Gasteiger partial charge < -0.3 is 4.74 Å². The van der Waals surface area contributed by atoms with Crippen LogP contribution in [0.25, 0.3) is 0 Å². The Labute approximate surface area is 99.1 Å². The molecule has 0 amide bonds. The van der Waals surface area contributed by atoms with Gasteiger partial charge >= 0.3 is 5.97 Å². The van der Waals surface area contributed by atoms with E-state index in [2.05, 4.69) is 11.1 Å². The van der Waals surface area contributed by atoms with Gasteiger partial charge in [-0.15, -0.1) is 0 Å². The summed E-state index contributed by atoms with van der Waals surface area (Å²) in [6.07, 6.45) is 8.93. The Hall–Kier alpha value is -1.39. The summed E-state index contributed by atoms with van der Waals surface area (Å²) in [6, 6.07) is 0.247. The van der Waals surface area contributed by atoms with Crippen LogP contribution in [0.15, 0.2) is 35.1 Å². The summed E-state index contributed by atoms with van der Waals surface area (Å²) in [7, 11) is 0. The van der Waals surface area contributed by atoms with Crippen LogP contribution in [-0.2, 0) is 14.4 Å². The molecule has 0 aromatic rings. The van der Waals surface area contributed by atoms with Crippen LogP contribution in [0.3, 0.4) is 0 Å². The van der Waals surface area contributed by atoms with Crippen molar-refractivity contribution in [2.24, 2.45) is 0 Å². The Morgan fingerprint density at radius 1 is 1.35 bits per heavy atom. The van der Waals surface area contributed by atoms with Gasteiger partial charge in [0.2, 0.25) is 0 Å². The number of ether oxygens (including phenoxy) is 1. The Bertz CT molecular complexity index is 489. The first-order chi connectivity index (χ1) is 8.33. The van der Waals surface area contributed by atoms with Gasteiger partial charge in [-0.3, -0.25) is 4.84 Å². The molecule has 1 fully saturated rings. The summed E-state index contributed by atoms with van der Waals surface area (Å²) in [5.41, 5.74) is 2.00. The maximum absolute atomic E-state index is 11.4. The zero-order valence-corrected chi connectivity index (χ0v) is 9.39. The second kappa shape index (κ2) is 3.31. The zero-order chi connectivity index (χ0) is 11.4. The van der Waals surface area contributed by atoms with Crippen LogP contribution in [0.5, 0.6) is 0 Å². The average Bonchev–Trinajstić information content (AvgIpc) is 2.58. The Morgan fingerprint density at radius 3 is 3.24 bits per heavy atom. The molecule has 0 N–H and O–H groups in total. The van der Waals surface area contributed by atoms with E-state index >= 15 is 0 Å². The molecule has 4 aliphatic heterocycles. The largest absolute Gasteiger partial charge is 0.423 e. The molecule has 5 aliphatic rings. The van der Waals surface area contributed by atoms with Crippen LogP contribution in [0.1, 0.15) is 19.3 Å². The lowest BCUT2D eigenvalue weighted by atomic mass is 9.90. The van der Waals surface area contributed by atoms with E-state index in [0.717, 1.165) is 29.9 Å². The van der Waals surface area contributed by atoms with Crippen molar-refractivity contribution in [2.75, 3.05) is 6.54 Å². The van der Waals surface area contributed by atoms with Crippen molar-refractivity contribution in [1.29, 1.82) is 0 Å². The van der Waals surface area contributed by atoms with Gasteiger partial charge in [0.25, 0.3) is 0 Å². The number of carbonyl (C=O) groups excluding carboxylic acids is 1. The van der Waals surface area contributed by atoms with Gasteiger partial charge in [0, 0.05) is 23.8 Å². The van der Waals surface area contributed by atoms with Crippen molar-refractivity contribution in [3.63, 3.8) is 0 Å². The fraction of sp³-hybridized carbons (Fsp3) is 0.462. The average molecular weight is 231 g/mol. The van der Waals surface area contributed by atoms with Crippen molar-refractivity contribution in [1.82, 2.24) is 5.06 Å². The first kappa shape index (κ1) is 9.62. The van der Waals surface area contributed by atoms with Crippen LogP contribution in [0.2, 0.25) is 0 Å². The summed E-state index contributed by atoms with van der Waals surface area (Å²) < 4.78 is 5.32. The Kier molecular flexibility index (Phi) is 1.87. The van der Waals surface area contributed by atoms with Gasteiger partial charge in [0.05, 0.1) is 6.04 Å². The van der Waals surface area contributed by atoms with Crippen molar-refractivity contribution < 1.29 is 14.4 Å². The fourth-order valence-corrected chi connectivity index (χ4v) is 3.03. The second-order valence-electron chi connectivity index (χ2n) is 4.84. The molecule has 2 bridgehead atoms. The number of rotatable bonds is 0. The molecular formula is C13H13NO3. The number of hydrogen-bond acceptors (Lipinski definition) is 4. The van der Waals surface area contributed by atoms with E-state index < -0.39 is 0 Å². The first-order valence-corrected chi connectivity index (χ1v) is 6.12. The lowest BCUT2D eigenvalue weighted by Gasteiger charge is -2.33. The number of nitrogens with zero attached hydrogens (tertiary/aromatic N) is 1. The van der Waals surface area contributed by atoms with Crippen LogP contribution in [-0.4, -0.2) is 29.7 Å². The molecule has 2 atom stereocenters. The predicted molar refractivity (Wildman–Crippen MR) is 59.6 cm³/mol. The fourth-order valence-electron chi connectivity index (χ4n) is 3.03. The highest BCUT2D eigenvalue weighted by Gasteiger charge is 2.41. The molecule has 5 rings (SSSR count). The quantitative estimate of drug-likeness (QED) is 0.592. The third-order valence-corrected chi connectivity index (χ3v) is 3.82. The third kappa shape index (κ3) is 1.28. The van der Waals surface area contributed by atoms with Gasteiger partial charge in [0.1, 0.15) is 11.9 Å². The van der Waals surface area contributed by atoms with Crippen LogP contribution in [0, 0.1) is 0 Å². The summed E-state index contributed by atoms with van der Waals surface area (Å²) in [5, 5.41) is 2.06. The van der Waals surface area contributed by atoms with Gasteiger partial charge in [0.15, 0.2) is 0 Å². The molecule has 0 aromatic carbocycles. The molecular weight excluding hydrogens is 218 g/mol. The molecule has 1 saturated heterocycles. The van der Waals surface area contributed by atoms with E-state index in [0.29, 0.717) is 0 Å². The highest BCUT2D eigenvalue weighted by Crippen LogP contribution is 2.41. The van der Waals surface area contributed by atoms with E-state index in [1.54, 1.807) is 6.08 Å². The summed E-state index contributed by atoms with van der Waals surface area (Å²) in [6.45, 7) is 0.959. The predicted octanol–water partition coefficient (Wildman–Crippen LogP) is 1.46. The summed E-state index contributed by atoms with van der Waals surface area (Å²) >= 11 is 0. The van der Waals surface area contributed by atoms with Gasteiger partial charge in [-0.2, -0.15) is 5.06 Å². The molecule has 4 heteroatoms. The SMILES string of the molecule is O=C1C=C2C(=C3C=CC2ON2CCCCC32)O1. The topological polar surface area (TPSA) is 38.8 Å². The number of piperidine rings is 1. The van der Waals surface area contributed by atoms with Crippen molar-refractivity contribution in [3.8, 4) is 0 Å². The molecule has 2 unspecified atom stereocenters. The Balaban J connectivity index is 1.85. The molecule has 17 heavy (non-hydrogen) atoms. The molecule has 0 aromatic heterocycles. The van der Waals surface area contributed by atoms with Crippen molar-refractivity contribution in [3.05, 3.63) is 35.1 Å². The smallest absolute Gasteiger partial charge is 0.336 e. The first-order valence-electron chi connectivity index (χ1n) is 6.12.